The average Bonchev–Trinajstić information content (AvgIpc) is 3.25. The van der Waals surface area contributed by atoms with E-state index in [9.17, 15) is 23.1 Å². The second-order valence-corrected chi connectivity index (χ2v) is 10.9. The van der Waals surface area contributed by atoms with Crippen molar-refractivity contribution in [3.63, 3.8) is 0 Å². The Morgan fingerprint density at radius 2 is 2.03 bits per heavy atom. The van der Waals surface area contributed by atoms with Crippen LogP contribution in [-0.4, -0.2) is 59.4 Å². The molecule has 0 bridgehead atoms. The second kappa shape index (κ2) is 9.16. The van der Waals surface area contributed by atoms with Gasteiger partial charge in [0.05, 0.1) is 5.02 Å². The zero-order valence-corrected chi connectivity index (χ0v) is 18.5. The molecule has 0 radical (unpaired) electrons. The molecule has 2 aromatic heterocycles. The quantitative estimate of drug-likeness (QED) is 0.529. The number of thiophene rings is 1. The van der Waals surface area contributed by atoms with Gasteiger partial charge in [0.2, 0.25) is 5.91 Å². The highest BCUT2D eigenvalue weighted by Crippen LogP contribution is 2.37. The van der Waals surface area contributed by atoms with E-state index in [1.54, 1.807) is 12.1 Å². The van der Waals surface area contributed by atoms with E-state index in [0.717, 1.165) is 15.6 Å². The third kappa shape index (κ3) is 4.93. The number of nitrogens with zero attached hydrogens (tertiary/aromatic N) is 2. The fourth-order valence-corrected chi connectivity index (χ4v) is 6.80. The van der Waals surface area contributed by atoms with Crippen LogP contribution in [0.3, 0.4) is 0 Å². The molecule has 1 aliphatic rings. The highest BCUT2D eigenvalue weighted by atomic mass is 35.5. The molecule has 30 heavy (non-hydrogen) atoms. The fourth-order valence-electron chi connectivity index (χ4n) is 3.13. The van der Waals surface area contributed by atoms with Gasteiger partial charge in [0, 0.05) is 31.4 Å². The van der Waals surface area contributed by atoms with E-state index in [2.05, 4.69) is 10.3 Å². The number of carboxylic acid groups (broad SMARTS) is 1. The number of carbonyl (C=O) groups excluding carboxylic acids is 1. The first-order chi connectivity index (χ1) is 14.1. The van der Waals surface area contributed by atoms with E-state index in [0.29, 0.717) is 5.56 Å². The van der Waals surface area contributed by atoms with Crippen LogP contribution in [0.25, 0.3) is 0 Å². The number of amides is 1. The summed E-state index contributed by atoms with van der Waals surface area (Å²) in [5.41, 5.74) is 6.58. The number of pyridine rings is 1. The summed E-state index contributed by atoms with van der Waals surface area (Å²) in [6, 6.07) is 1.51. The lowest BCUT2D eigenvalue weighted by Crippen LogP contribution is -2.51. The number of aliphatic carboxylic acids is 1. The number of carbonyl (C=O) groups is 2. The number of nitrogens with two attached hydrogens (primary N) is 1. The molecular weight excluding hydrogens is 475 g/mol. The van der Waals surface area contributed by atoms with Crippen LogP contribution in [0.15, 0.2) is 34.8 Å². The van der Waals surface area contributed by atoms with Crippen molar-refractivity contribution >= 4 is 56.4 Å². The SMILES string of the molecule is N[C@@H]1CC(C(=O)NC(Cc2ccncc2)C(=O)O)N(S(=O)(=O)c2cc(Cl)c(Cl)s2)C1. The summed E-state index contributed by atoms with van der Waals surface area (Å²) in [6.45, 7) is -0.0876. The van der Waals surface area contributed by atoms with Crippen LogP contribution >= 0.6 is 34.5 Å². The van der Waals surface area contributed by atoms with Crippen molar-refractivity contribution in [2.75, 3.05) is 6.54 Å². The molecular formula is C17H18Cl2N4O5S2. The minimum Gasteiger partial charge on any atom is -0.480 e. The number of aromatic nitrogens is 1. The molecule has 3 rings (SSSR count). The van der Waals surface area contributed by atoms with E-state index in [4.69, 9.17) is 28.9 Å². The van der Waals surface area contributed by atoms with Crippen LogP contribution in [-0.2, 0) is 26.0 Å². The Morgan fingerprint density at radius 3 is 2.60 bits per heavy atom. The van der Waals surface area contributed by atoms with Crippen molar-refractivity contribution in [3.8, 4) is 0 Å². The maximum absolute atomic E-state index is 13.0. The summed E-state index contributed by atoms with van der Waals surface area (Å²) in [4.78, 5) is 28.4. The molecule has 3 heterocycles. The molecule has 162 valence electrons. The first kappa shape index (κ1) is 22.9. The molecule has 3 atom stereocenters. The highest BCUT2D eigenvalue weighted by molar-refractivity contribution is 7.91. The third-order valence-corrected chi connectivity index (χ3v) is 8.77. The van der Waals surface area contributed by atoms with E-state index in [1.807, 2.05) is 0 Å². The van der Waals surface area contributed by atoms with Crippen LogP contribution < -0.4 is 11.1 Å². The summed E-state index contributed by atoms with van der Waals surface area (Å²) < 4.78 is 27.0. The first-order valence-electron chi connectivity index (χ1n) is 8.74. The standard InChI is InChI=1S/C17H18Cl2N4O5S2/c18-11-7-14(29-15(11)19)30(27,28)23-8-10(20)6-13(23)16(24)22-12(17(25)26)5-9-1-3-21-4-2-9/h1-4,7,10,12-13H,5-6,8,20H2,(H,22,24)(H,25,26)/t10-,12?,13?/m1/s1. The zero-order chi connectivity index (χ0) is 22.1. The van der Waals surface area contributed by atoms with Crippen LogP contribution in [0.2, 0.25) is 9.36 Å². The molecule has 4 N–H and O–H groups in total. The average molecular weight is 493 g/mol. The number of halogens is 2. The molecule has 9 nitrogen and oxygen atoms in total. The Bertz CT molecular complexity index is 1030. The van der Waals surface area contributed by atoms with E-state index < -0.39 is 40.0 Å². The van der Waals surface area contributed by atoms with Crippen molar-refractivity contribution < 1.29 is 23.1 Å². The van der Waals surface area contributed by atoms with Gasteiger partial charge in [-0.2, -0.15) is 4.31 Å². The Hall–Kier alpha value is -1.76. The monoisotopic (exact) mass is 492 g/mol. The number of nitrogens with one attached hydrogen (secondary N) is 1. The summed E-state index contributed by atoms with van der Waals surface area (Å²) in [7, 11) is -4.10. The van der Waals surface area contributed by atoms with Gasteiger partial charge in [-0.25, -0.2) is 13.2 Å². The number of carboxylic acids is 1. The van der Waals surface area contributed by atoms with Gasteiger partial charge in [0.15, 0.2) is 0 Å². The van der Waals surface area contributed by atoms with Crippen molar-refractivity contribution in [2.24, 2.45) is 5.73 Å². The maximum Gasteiger partial charge on any atom is 0.326 e. The second-order valence-electron chi connectivity index (χ2n) is 6.73. The Labute approximate surface area is 186 Å². The van der Waals surface area contributed by atoms with Gasteiger partial charge in [0.1, 0.15) is 20.6 Å². The van der Waals surface area contributed by atoms with Crippen LogP contribution in [0.5, 0.6) is 0 Å². The van der Waals surface area contributed by atoms with Gasteiger partial charge >= 0.3 is 5.97 Å². The largest absolute Gasteiger partial charge is 0.480 e. The van der Waals surface area contributed by atoms with Crippen molar-refractivity contribution in [3.05, 3.63) is 45.5 Å². The van der Waals surface area contributed by atoms with Crippen molar-refractivity contribution in [1.82, 2.24) is 14.6 Å². The summed E-state index contributed by atoms with van der Waals surface area (Å²) in [5.74, 6) is -1.98. The molecule has 2 aromatic rings. The third-order valence-electron chi connectivity index (χ3n) is 4.58. The topological polar surface area (TPSA) is 143 Å². The maximum atomic E-state index is 13.0. The van der Waals surface area contributed by atoms with Crippen molar-refractivity contribution in [2.45, 2.75) is 35.2 Å². The summed E-state index contributed by atoms with van der Waals surface area (Å²) >= 11 is 12.5. The summed E-state index contributed by atoms with van der Waals surface area (Å²) in [5, 5.41) is 12.0. The molecule has 0 aromatic carbocycles. The lowest BCUT2D eigenvalue weighted by atomic mass is 10.1. The molecule has 0 saturated carbocycles. The number of hydrogen-bond donors (Lipinski definition) is 3. The van der Waals surface area contributed by atoms with Crippen LogP contribution in [0.4, 0.5) is 0 Å². The van der Waals surface area contributed by atoms with Gasteiger partial charge in [-0.1, -0.05) is 23.2 Å². The smallest absolute Gasteiger partial charge is 0.326 e. The van der Waals surface area contributed by atoms with E-state index >= 15 is 0 Å². The van der Waals surface area contributed by atoms with Crippen LogP contribution in [0.1, 0.15) is 12.0 Å². The molecule has 0 aliphatic carbocycles. The van der Waals surface area contributed by atoms with Gasteiger partial charge in [-0.05, 0) is 30.2 Å². The number of rotatable bonds is 7. The number of sulfonamides is 1. The predicted octanol–water partition coefficient (Wildman–Crippen LogP) is 1.35. The molecule has 1 fully saturated rings. The zero-order valence-electron chi connectivity index (χ0n) is 15.4. The van der Waals surface area contributed by atoms with Gasteiger partial charge < -0.3 is 16.2 Å². The van der Waals surface area contributed by atoms with Gasteiger partial charge in [-0.3, -0.25) is 9.78 Å². The molecule has 1 amide bonds. The Balaban J connectivity index is 1.81. The minimum atomic E-state index is -4.10. The van der Waals surface area contributed by atoms with E-state index in [1.165, 1.54) is 18.5 Å². The highest BCUT2D eigenvalue weighted by Gasteiger charge is 2.44. The van der Waals surface area contributed by atoms with Crippen molar-refractivity contribution in [1.29, 1.82) is 0 Å². The normalized spacial score (nSPS) is 20.8. The Morgan fingerprint density at radius 1 is 1.37 bits per heavy atom. The molecule has 13 heteroatoms. The Kier molecular flexibility index (Phi) is 7.00. The summed E-state index contributed by atoms with van der Waals surface area (Å²) in [6.07, 6.45) is 3.10. The molecule has 1 saturated heterocycles. The lowest BCUT2D eigenvalue weighted by Gasteiger charge is -2.24. The molecule has 1 aliphatic heterocycles. The molecule has 2 unspecified atom stereocenters. The van der Waals surface area contributed by atoms with Crippen LogP contribution in [0, 0.1) is 0 Å². The molecule has 0 spiro atoms. The predicted molar refractivity (Wildman–Crippen MR) is 112 cm³/mol. The van der Waals surface area contributed by atoms with Gasteiger partial charge in [0.25, 0.3) is 10.0 Å². The lowest BCUT2D eigenvalue weighted by molar-refractivity contribution is -0.142. The first-order valence-corrected chi connectivity index (χ1v) is 11.7. The van der Waals surface area contributed by atoms with Gasteiger partial charge in [-0.15, -0.1) is 11.3 Å². The minimum absolute atomic E-state index is 0.0191. The van der Waals surface area contributed by atoms with E-state index in [-0.39, 0.29) is 33.0 Å². The fraction of sp³-hybridized carbons (Fsp3) is 0.353. The number of hydrogen-bond acceptors (Lipinski definition) is 7.